The second-order valence-electron chi connectivity index (χ2n) is 3.33. The van der Waals surface area contributed by atoms with Gasteiger partial charge in [0.1, 0.15) is 6.54 Å². The normalized spacial score (nSPS) is 10.4. The van der Waals surface area contributed by atoms with Crippen LogP contribution in [0.15, 0.2) is 24.3 Å². The predicted molar refractivity (Wildman–Crippen MR) is 47.3 cm³/mol. The first-order valence-electron chi connectivity index (χ1n) is 4.19. The lowest BCUT2D eigenvalue weighted by Gasteiger charge is -2.12. The summed E-state index contributed by atoms with van der Waals surface area (Å²) < 4.78 is 0. The molecule has 0 saturated carbocycles. The number of rotatable bonds is 3. The molecule has 0 aromatic heterocycles. The third kappa shape index (κ3) is 2.56. The van der Waals surface area contributed by atoms with Crippen LogP contribution in [0.2, 0.25) is 0 Å². The Bertz CT molecular complexity index is 308. The average molecular weight is 179 g/mol. The standard InChI is InChI=1S/C10H13NO2/c1-11(2)7-8-5-3-4-6-9(8)10(12)13/h3-6H,7H2,1-2H3,(H,12,13). The number of benzene rings is 1. The van der Waals surface area contributed by atoms with E-state index >= 15 is 0 Å². The highest BCUT2D eigenvalue weighted by Gasteiger charge is 2.04. The summed E-state index contributed by atoms with van der Waals surface area (Å²) in [5, 5.41) is 10.7. The maximum absolute atomic E-state index is 10.7. The van der Waals surface area contributed by atoms with Gasteiger partial charge in [-0.15, -0.1) is 0 Å². The summed E-state index contributed by atoms with van der Waals surface area (Å²) in [6.07, 6.45) is 0. The van der Waals surface area contributed by atoms with Crippen LogP contribution in [0, 0.1) is 0 Å². The largest absolute Gasteiger partial charge is 0.545 e. The fourth-order valence-electron chi connectivity index (χ4n) is 1.25. The van der Waals surface area contributed by atoms with Gasteiger partial charge in [0.15, 0.2) is 0 Å². The van der Waals surface area contributed by atoms with E-state index < -0.39 is 5.97 Å². The van der Waals surface area contributed by atoms with E-state index in [9.17, 15) is 9.90 Å². The number of carboxylic acid groups (broad SMARTS) is 1. The van der Waals surface area contributed by atoms with E-state index in [1.54, 1.807) is 12.1 Å². The van der Waals surface area contributed by atoms with Crippen LogP contribution < -0.4 is 10.0 Å². The number of aromatic carboxylic acids is 1. The summed E-state index contributed by atoms with van der Waals surface area (Å²) >= 11 is 0. The average Bonchev–Trinajstić information content (AvgIpc) is 2.03. The van der Waals surface area contributed by atoms with Crippen molar-refractivity contribution < 1.29 is 14.8 Å². The molecule has 1 N–H and O–H groups in total. The Hall–Kier alpha value is -1.35. The zero-order chi connectivity index (χ0) is 9.84. The van der Waals surface area contributed by atoms with Crippen LogP contribution in [0.4, 0.5) is 0 Å². The van der Waals surface area contributed by atoms with Crippen molar-refractivity contribution in [1.82, 2.24) is 0 Å². The molecule has 0 fully saturated rings. The molecule has 0 spiro atoms. The van der Waals surface area contributed by atoms with Crippen molar-refractivity contribution in [1.29, 1.82) is 0 Å². The molecule has 1 aromatic rings. The Morgan fingerprint density at radius 1 is 1.38 bits per heavy atom. The molecule has 1 aromatic carbocycles. The zero-order valence-corrected chi connectivity index (χ0v) is 7.83. The van der Waals surface area contributed by atoms with Gasteiger partial charge in [-0.3, -0.25) is 0 Å². The molecule has 1 rings (SSSR count). The first-order valence-corrected chi connectivity index (χ1v) is 4.19. The quantitative estimate of drug-likeness (QED) is 0.626. The molecule has 0 aliphatic carbocycles. The van der Waals surface area contributed by atoms with Crippen molar-refractivity contribution in [3.63, 3.8) is 0 Å². The molecule has 0 heterocycles. The van der Waals surface area contributed by atoms with Gasteiger partial charge in [0.05, 0.1) is 20.1 Å². The molecular formula is C10H13NO2. The molecule has 13 heavy (non-hydrogen) atoms. The third-order valence-corrected chi connectivity index (χ3v) is 1.78. The number of carboxylic acids is 1. The molecule has 0 aliphatic rings. The van der Waals surface area contributed by atoms with Crippen LogP contribution in [0.3, 0.4) is 0 Å². The van der Waals surface area contributed by atoms with Gasteiger partial charge in [-0.25, -0.2) is 0 Å². The minimum Gasteiger partial charge on any atom is -0.545 e. The molecule has 70 valence electrons. The number of hydrogen-bond acceptors (Lipinski definition) is 2. The van der Waals surface area contributed by atoms with Crippen molar-refractivity contribution >= 4 is 5.97 Å². The van der Waals surface area contributed by atoms with Gasteiger partial charge in [-0.2, -0.15) is 0 Å². The monoisotopic (exact) mass is 179 g/mol. The molecule has 3 nitrogen and oxygen atoms in total. The van der Waals surface area contributed by atoms with E-state index in [1.165, 1.54) is 4.90 Å². The van der Waals surface area contributed by atoms with E-state index in [-0.39, 0.29) is 0 Å². The summed E-state index contributed by atoms with van der Waals surface area (Å²) in [6, 6.07) is 6.94. The third-order valence-electron chi connectivity index (χ3n) is 1.78. The van der Waals surface area contributed by atoms with Gasteiger partial charge in [0.25, 0.3) is 0 Å². The minimum atomic E-state index is -1.10. The molecule has 0 atom stereocenters. The smallest absolute Gasteiger partial charge is 0.103 e. The summed E-state index contributed by atoms with van der Waals surface area (Å²) in [6.45, 7) is 0.699. The maximum atomic E-state index is 10.7. The Morgan fingerprint density at radius 2 is 2.00 bits per heavy atom. The predicted octanol–water partition coefficient (Wildman–Crippen LogP) is -1.31. The zero-order valence-electron chi connectivity index (χ0n) is 7.83. The van der Waals surface area contributed by atoms with Crippen molar-refractivity contribution in [3.8, 4) is 0 Å². The first-order chi connectivity index (χ1) is 6.11. The molecule has 0 radical (unpaired) electrons. The van der Waals surface area contributed by atoms with Crippen LogP contribution in [-0.2, 0) is 6.54 Å². The Balaban J connectivity index is 2.98. The van der Waals surface area contributed by atoms with E-state index in [0.717, 1.165) is 5.56 Å². The maximum Gasteiger partial charge on any atom is 0.103 e. The fraction of sp³-hybridized carbons (Fsp3) is 0.300. The molecule has 3 heteroatoms. The van der Waals surface area contributed by atoms with Gasteiger partial charge >= 0.3 is 0 Å². The summed E-state index contributed by atoms with van der Waals surface area (Å²) in [7, 11) is 3.96. The summed E-state index contributed by atoms with van der Waals surface area (Å²) in [5.41, 5.74) is 1.12. The van der Waals surface area contributed by atoms with Crippen molar-refractivity contribution in [2.45, 2.75) is 6.54 Å². The van der Waals surface area contributed by atoms with E-state index in [4.69, 9.17) is 0 Å². The minimum absolute atomic E-state index is 0.295. The molecule has 0 aliphatic heterocycles. The van der Waals surface area contributed by atoms with Crippen LogP contribution in [0.5, 0.6) is 0 Å². The van der Waals surface area contributed by atoms with Gasteiger partial charge in [0.2, 0.25) is 0 Å². The Labute approximate surface area is 77.6 Å². The van der Waals surface area contributed by atoms with Gasteiger partial charge in [0, 0.05) is 11.1 Å². The topological polar surface area (TPSA) is 44.6 Å². The van der Waals surface area contributed by atoms with E-state index in [2.05, 4.69) is 0 Å². The Morgan fingerprint density at radius 3 is 2.54 bits per heavy atom. The summed E-state index contributed by atoms with van der Waals surface area (Å²) in [5.74, 6) is -1.10. The first kappa shape index (κ1) is 9.74. The molecule has 0 bridgehead atoms. The number of nitrogens with one attached hydrogen (secondary N) is 1. The summed E-state index contributed by atoms with van der Waals surface area (Å²) in [4.78, 5) is 11.9. The number of hydrogen-bond donors (Lipinski definition) is 1. The van der Waals surface area contributed by atoms with Crippen LogP contribution >= 0.6 is 0 Å². The van der Waals surface area contributed by atoms with Gasteiger partial charge < -0.3 is 14.8 Å². The Kier molecular flexibility index (Phi) is 3.03. The molecule has 0 saturated heterocycles. The van der Waals surface area contributed by atoms with Gasteiger partial charge in [-0.05, 0) is 0 Å². The highest BCUT2D eigenvalue weighted by Crippen LogP contribution is 2.05. The number of carbonyl (C=O) groups is 1. The van der Waals surface area contributed by atoms with E-state index in [0.29, 0.717) is 12.1 Å². The van der Waals surface area contributed by atoms with Crippen molar-refractivity contribution in [2.75, 3.05) is 14.1 Å². The number of quaternary nitrogens is 1. The number of carbonyl (C=O) groups excluding carboxylic acids is 1. The van der Waals surface area contributed by atoms with E-state index in [1.807, 2.05) is 26.2 Å². The highest BCUT2D eigenvalue weighted by atomic mass is 16.4. The molecule has 0 unspecified atom stereocenters. The van der Waals surface area contributed by atoms with Gasteiger partial charge in [-0.1, -0.05) is 24.3 Å². The van der Waals surface area contributed by atoms with Crippen LogP contribution in [0.1, 0.15) is 15.9 Å². The van der Waals surface area contributed by atoms with Crippen LogP contribution in [0.25, 0.3) is 0 Å². The van der Waals surface area contributed by atoms with Crippen molar-refractivity contribution in [2.24, 2.45) is 0 Å². The SMILES string of the molecule is C[NH+](C)Cc1ccccc1C(=O)[O-]. The lowest BCUT2D eigenvalue weighted by atomic mass is 10.1. The second-order valence-corrected chi connectivity index (χ2v) is 3.33. The van der Waals surface area contributed by atoms with Crippen LogP contribution in [-0.4, -0.2) is 20.1 Å². The highest BCUT2D eigenvalue weighted by molar-refractivity contribution is 5.87. The molecular weight excluding hydrogens is 166 g/mol. The fourth-order valence-corrected chi connectivity index (χ4v) is 1.25. The second kappa shape index (κ2) is 4.05. The van der Waals surface area contributed by atoms with Crippen molar-refractivity contribution in [3.05, 3.63) is 35.4 Å². The molecule has 0 amide bonds. The lowest BCUT2D eigenvalue weighted by molar-refractivity contribution is -0.872. The lowest BCUT2D eigenvalue weighted by Crippen LogP contribution is -3.04.